The van der Waals surface area contributed by atoms with Crippen molar-refractivity contribution in [3.05, 3.63) is 40.7 Å². The SMILES string of the molecule is COCCOc1ccc(C(F)(F)F)cc1NC(=O)CCc1c(C)nn(C)c1C. The van der Waals surface area contributed by atoms with Crippen LogP contribution in [0.4, 0.5) is 18.9 Å². The first kappa shape index (κ1) is 21.7. The van der Waals surface area contributed by atoms with Crippen LogP contribution in [0.15, 0.2) is 18.2 Å². The lowest BCUT2D eigenvalue weighted by Crippen LogP contribution is -2.16. The Hall–Kier alpha value is -2.55. The molecule has 0 aliphatic rings. The zero-order valence-corrected chi connectivity index (χ0v) is 16.3. The van der Waals surface area contributed by atoms with Crippen molar-refractivity contribution in [1.29, 1.82) is 0 Å². The summed E-state index contributed by atoms with van der Waals surface area (Å²) in [7, 11) is 3.30. The first-order valence-corrected chi connectivity index (χ1v) is 8.75. The van der Waals surface area contributed by atoms with Gasteiger partial charge >= 0.3 is 6.18 Å². The van der Waals surface area contributed by atoms with Crippen LogP contribution in [0, 0.1) is 13.8 Å². The molecule has 1 aromatic carbocycles. The maximum Gasteiger partial charge on any atom is 0.416 e. The van der Waals surface area contributed by atoms with E-state index in [9.17, 15) is 18.0 Å². The summed E-state index contributed by atoms with van der Waals surface area (Å²) in [6.07, 6.45) is -3.97. The predicted molar refractivity (Wildman–Crippen MR) is 98.4 cm³/mol. The molecule has 0 saturated carbocycles. The summed E-state index contributed by atoms with van der Waals surface area (Å²) in [5, 5.41) is 6.83. The van der Waals surface area contributed by atoms with Gasteiger partial charge in [0.25, 0.3) is 0 Å². The third kappa shape index (κ3) is 5.48. The minimum atomic E-state index is -4.52. The fourth-order valence-corrected chi connectivity index (χ4v) is 2.80. The second-order valence-electron chi connectivity index (χ2n) is 6.37. The van der Waals surface area contributed by atoms with Crippen molar-refractivity contribution >= 4 is 11.6 Å². The monoisotopic (exact) mass is 399 g/mol. The molecule has 0 aliphatic carbocycles. The normalized spacial score (nSPS) is 11.5. The average Bonchev–Trinajstić information content (AvgIpc) is 2.85. The number of carbonyl (C=O) groups excluding carboxylic acids is 1. The Balaban J connectivity index is 2.13. The van der Waals surface area contributed by atoms with Crippen LogP contribution < -0.4 is 10.1 Å². The van der Waals surface area contributed by atoms with Crippen LogP contribution in [-0.2, 0) is 29.2 Å². The van der Waals surface area contributed by atoms with E-state index in [0.29, 0.717) is 6.42 Å². The van der Waals surface area contributed by atoms with Crippen molar-refractivity contribution in [2.75, 3.05) is 25.6 Å². The molecule has 1 aromatic heterocycles. The van der Waals surface area contributed by atoms with Gasteiger partial charge in [-0.1, -0.05) is 0 Å². The number of aromatic nitrogens is 2. The number of halogens is 3. The maximum atomic E-state index is 13.0. The van der Waals surface area contributed by atoms with E-state index in [1.165, 1.54) is 13.2 Å². The Bertz CT molecular complexity index is 832. The molecule has 1 amide bonds. The summed E-state index contributed by atoms with van der Waals surface area (Å²) in [6.45, 7) is 4.18. The van der Waals surface area contributed by atoms with Crippen molar-refractivity contribution in [3.63, 3.8) is 0 Å². The van der Waals surface area contributed by atoms with Crippen molar-refractivity contribution in [2.24, 2.45) is 7.05 Å². The maximum absolute atomic E-state index is 13.0. The summed E-state index contributed by atoms with van der Waals surface area (Å²) in [5.41, 5.74) is 1.86. The highest BCUT2D eigenvalue weighted by Crippen LogP contribution is 2.35. The molecule has 2 aromatic rings. The lowest BCUT2D eigenvalue weighted by atomic mass is 10.1. The number of rotatable bonds is 8. The van der Waals surface area contributed by atoms with E-state index in [1.54, 1.807) is 4.68 Å². The summed E-state index contributed by atoms with van der Waals surface area (Å²) < 4.78 is 51.1. The number of carbonyl (C=O) groups is 1. The lowest BCUT2D eigenvalue weighted by Gasteiger charge is -2.15. The first-order valence-electron chi connectivity index (χ1n) is 8.75. The molecule has 2 rings (SSSR count). The molecular formula is C19H24F3N3O3. The number of ether oxygens (including phenoxy) is 2. The molecule has 0 radical (unpaired) electrons. The molecule has 0 fully saturated rings. The standard InChI is InChI=1S/C19H24F3N3O3/c1-12-15(13(2)25(3)24-12)6-8-18(26)23-16-11-14(19(20,21)22)5-7-17(16)28-10-9-27-4/h5,7,11H,6,8-10H2,1-4H3,(H,23,26). The summed E-state index contributed by atoms with van der Waals surface area (Å²) in [5.74, 6) is -0.245. The number of benzene rings is 1. The van der Waals surface area contributed by atoms with Gasteiger partial charge in [0.05, 0.1) is 23.6 Å². The molecule has 1 N–H and O–H groups in total. The Kier molecular flexibility index (Phi) is 7.06. The third-order valence-electron chi connectivity index (χ3n) is 4.39. The van der Waals surface area contributed by atoms with Crippen LogP contribution in [-0.4, -0.2) is 36.0 Å². The van der Waals surface area contributed by atoms with Gasteiger partial charge in [-0.05, 0) is 44.0 Å². The fourth-order valence-electron chi connectivity index (χ4n) is 2.80. The first-order chi connectivity index (χ1) is 13.1. The van der Waals surface area contributed by atoms with Gasteiger partial charge in [-0.2, -0.15) is 18.3 Å². The van der Waals surface area contributed by atoms with Gasteiger partial charge in [-0.3, -0.25) is 9.48 Å². The van der Waals surface area contributed by atoms with Gasteiger partial charge in [0, 0.05) is 26.3 Å². The minimum absolute atomic E-state index is 0.0180. The van der Waals surface area contributed by atoms with E-state index < -0.39 is 17.6 Å². The van der Waals surface area contributed by atoms with Crippen LogP contribution >= 0.6 is 0 Å². The van der Waals surface area contributed by atoms with Crippen molar-refractivity contribution in [3.8, 4) is 5.75 Å². The van der Waals surface area contributed by atoms with Crippen molar-refractivity contribution in [1.82, 2.24) is 9.78 Å². The number of hydrogen-bond donors (Lipinski definition) is 1. The molecule has 0 bridgehead atoms. The number of nitrogens with one attached hydrogen (secondary N) is 1. The smallest absolute Gasteiger partial charge is 0.416 e. The number of nitrogens with zero attached hydrogens (tertiary/aromatic N) is 2. The number of hydrogen-bond acceptors (Lipinski definition) is 4. The van der Waals surface area contributed by atoms with Gasteiger partial charge in [0.15, 0.2) is 0 Å². The highest BCUT2D eigenvalue weighted by Gasteiger charge is 2.31. The van der Waals surface area contributed by atoms with Gasteiger partial charge in [0.2, 0.25) is 5.91 Å². The second kappa shape index (κ2) is 9.09. The Morgan fingerprint density at radius 2 is 1.96 bits per heavy atom. The molecule has 154 valence electrons. The summed E-state index contributed by atoms with van der Waals surface area (Å²) >= 11 is 0. The van der Waals surface area contributed by atoms with Gasteiger partial charge in [0.1, 0.15) is 12.4 Å². The number of amides is 1. The van der Waals surface area contributed by atoms with Crippen molar-refractivity contribution < 1.29 is 27.4 Å². The minimum Gasteiger partial charge on any atom is -0.489 e. The van der Waals surface area contributed by atoms with Crippen LogP contribution in [0.3, 0.4) is 0 Å². The molecule has 0 atom stereocenters. The molecule has 0 unspecified atom stereocenters. The average molecular weight is 399 g/mol. The van der Waals surface area contributed by atoms with Crippen LogP contribution in [0.2, 0.25) is 0 Å². The molecular weight excluding hydrogens is 375 g/mol. The topological polar surface area (TPSA) is 65.4 Å². The molecule has 1 heterocycles. The largest absolute Gasteiger partial charge is 0.489 e. The molecule has 28 heavy (non-hydrogen) atoms. The lowest BCUT2D eigenvalue weighted by molar-refractivity contribution is -0.137. The molecule has 0 aliphatic heterocycles. The summed E-state index contributed by atoms with van der Waals surface area (Å²) in [6, 6.07) is 2.99. The number of alkyl halides is 3. The highest BCUT2D eigenvalue weighted by molar-refractivity contribution is 5.92. The van der Waals surface area contributed by atoms with Crippen LogP contribution in [0.1, 0.15) is 28.9 Å². The third-order valence-corrected chi connectivity index (χ3v) is 4.39. The van der Waals surface area contributed by atoms with E-state index in [-0.39, 0.29) is 31.1 Å². The molecule has 0 spiro atoms. The second-order valence-corrected chi connectivity index (χ2v) is 6.37. The number of aryl methyl sites for hydroxylation is 2. The molecule has 6 nitrogen and oxygen atoms in total. The van der Waals surface area contributed by atoms with Gasteiger partial charge < -0.3 is 14.8 Å². The highest BCUT2D eigenvalue weighted by atomic mass is 19.4. The predicted octanol–water partition coefficient (Wildman–Crippen LogP) is 3.65. The van der Waals surface area contributed by atoms with E-state index >= 15 is 0 Å². The van der Waals surface area contributed by atoms with E-state index in [1.807, 2.05) is 20.9 Å². The van der Waals surface area contributed by atoms with Gasteiger partial charge in [-0.15, -0.1) is 0 Å². The molecule has 0 saturated heterocycles. The zero-order valence-electron chi connectivity index (χ0n) is 16.3. The van der Waals surface area contributed by atoms with E-state index in [0.717, 1.165) is 29.1 Å². The van der Waals surface area contributed by atoms with Crippen LogP contribution in [0.5, 0.6) is 5.75 Å². The Morgan fingerprint density at radius 3 is 2.54 bits per heavy atom. The zero-order chi connectivity index (χ0) is 20.9. The summed E-state index contributed by atoms with van der Waals surface area (Å²) in [4.78, 5) is 12.4. The molecule has 9 heteroatoms. The van der Waals surface area contributed by atoms with Crippen molar-refractivity contribution in [2.45, 2.75) is 32.9 Å². The number of anilines is 1. The quantitative estimate of drug-likeness (QED) is 0.688. The van der Waals surface area contributed by atoms with E-state index in [2.05, 4.69) is 10.4 Å². The fraction of sp³-hybridized carbons (Fsp3) is 0.474. The Morgan fingerprint density at radius 1 is 1.25 bits per heavy atom. The van der Waals surface area contributed by atoms with Crippen LogP contribution in [0.25, 0.3) is 0 Å². The van der Waals surface area contributed by atoms with E-state index in [4.69, 9.17) is 9.47 Å². The van der Waals surface area contributed by atoms with Gasteiger partial charge in [-0.25, -0.2) is 0 Å². The Labute approximate surface area is 161 Å². The number of methoxy groups -OCH3 is 1.